The van der Waals surface area contributed by atoms with E-state index in [1.54, 1.807) is 0 Å². The van der Waals surface area contributed by atoms with Crippen molar-refractivity contribution in [1.82, 2.24) is 0 Å². The second-order valence-electron chi connectivity index (χ2n) is 5.47. The van der Waals surface area contributed by atoms with Gasteiger partial charge in [0.2, 0.25) is 5.69 Å². The Balaban J connectivity index is 2.25. The number of benzene rings is 1. The molecule has 0 saturated heterocycles. The molecule has 0 spiro atoms. The summed E-state index contributed by atoms with van der Waals surface area (Å²) in [5.41, 5.74) is 6.51. The lowest BCUT2D eigenvalue weighted by Gasteiger charge is -2.18. The summed E-state index contributed by atoms with van der Waals surface area (Å²) in [5.74, 6) is -0.223. The van der Waals surface area contributed by atoms with Crippen LogP contribution in [0.3, 0.4) is 0 Å². The zero-order valence-corrected chi connectivity index (χ0v) is 12.8. The normalized spacial score (nSPS) is 12.5. The first-order valence-corrected chi connectivity index (χ1v) is 7.43. The maximum atomic E-state index is 12.4. The Bertz CT molecular complexity index is 719. The van der Waals surface area contributed by atoms with Gasteiger partial charge < -0.3 is 4.74 Å². The quantitative estimate of drug-likeness (QED) is 0.626. The first-order chi connectivity index (χ1) is 10.1. The van der Waals surface area contributed by atoms with Crippen molar-refractivity contribution in [2.24, 2.45) is 0 Å². The van der Waals surface area contributed by atoms with Gasteiger partial charge in [0.1, 0.15) is 0 Å². The molecule has 0 atom stereocenters. The molecule has 3 nitrogen and oxygen atoms in total. The van der Waals surface area contributed by atoms with Crippen LogP contribution in [-0.4, -0.2) is 12.6 Å². The molecule has 0 amide bonds. The summed E-state index contributed by atoms with van der Waals surface area (Å²) in [7, 11) is 0. The second kappa shape index (κ2) is 5.32. The highest BCUT2D eigenvalue weighted by Crippen LogP contribution is 2.28. The fourth-order valence-corrected chi connectivity index (χ4v) is 3.04. The van der Waals surface area contributed by atoms with Crippen molar-refractivity contribution in [2.75, 3.05) is 6.61 Å². The van der Waals surface area contributed by atoms with Crippen LogP contribution in [0.2, 0.25) is 0 Å². The van der Waals surface area contributed by atoms with Gasteiger partial charge in [-0.05, 0) is 38.0 Å². The molecule has 0 aliphatic carbocycles. The van der Waals surface area contributed by atoms with E-state index in [9.17, 15) is 4.79 Å². The summed E-state index contributed by atoms with van der Waals surface area (Å²) in [6.45, 7) is 7.11. The first-order valence-electron chi connectivity index (χ1n) is 7.43. The van der Waals surface area contributed by atoms with Crippen molar-refractivity contribution in [3.8, 4) is 11.3 Å². The van der Waals surface area contributed by atoms with E-state index < -0.39 is 0 Å². The Labute approximate surface area is 125 Å². The zero-order chi connectivity index (χ0) is 15.0. The average Bonchev–Trinajstić information content (AvgIpc) is 2.49. The first kappa shape index (κ1) is 13.8. The van der Waals surface area contributed by atoms with Crippen LogP contribution < -0.4 is 4.57 Å². The molecule has 3 rings (SSSR count). The van der Waals surface area contributed by atoms with Gasteiger partial charge in [-0.15, -0.1) is 0 Å². The van der Waals surface area contributed by atoms with E-state index in [4.69, 9.17) is 4.74 Å². The standard InChI is InChI=1S/C18H20NO2/c1-4-21-18(20)17-13(3)12(2)11-16-15-8-6-5-7-14(15)9-10-19(16)17/h5-8,11H,4,9-10H2,1-3H3/q+1. The van der Waals surface area contributed by atoms with Crippen LogP contribution in [0.1, 0.15) is 34.1 Å². The molecule has 1 aromatic heterocycles. The third kappa shape index (κ3) is 2.23. The van der Waals surface area contributed by atoms with Gasteiger partial charge in [0.15, 0.2) is 6.54 Å². The third-order valence-corrected chi connectivity index (χ3v) is 4.23. The third-order valence-electron chi connectivity index (χ3n) is 4.23. The van der Waals surface area contributed by atoms with Gasteiger partial charge >= 0.3 is 5.97 Å². The van der Waals surface area contributed by atoms with Crippen LogP contribution in [-0.2, 0) is 17.7 Å². The Morgan fingerprint density at radius 3 is 2.81 bits per heavy atom. The molecule has 0 unspecified atom stereocenters. The molecular formula is C18H20NO2+. The number of fused-ring (bicyclic) bond motifs is 3. The highest BCUT2D eigenvalue weighted by Gasteiger charge is 2.32. The van der Waals surface area contributed by atoms with E-state index in [0.717, 1.165) is 29.8 Å². The Hall–Kier alpha value is -2.16. The lowest BCUT2D eigenvalue weighted by atomic mass is 9.94. The Morgan fingerprint density at radius 1 is 1.29 bits per heavy atom. The van der Waals surface area contributed by atoms with Gasteiger partial charge in [-0.3, -0.25) is 0 Å². The molecule has 108 valence electrons. The molecule has 3 heteroatoms. The van der Waals surface area contributed by atoms with Crippen molar-refractivity contribution in [1.29, 1.82) is 0 Å². The summed E-state index contributed by atoms with van der Waals surface area (Å²) in [4.78, 5) is 12.4. The topological polar surface area (TPSA) is 30.2 Å². The summed E-state index contributed by atoms with van der Waals surface area (Å²) >= 11 is 0. The van der Waals surface area contributed by atoms with Gasteiger partial charge in [0.05, 0.1) is 6.61 Å². The van der Waals surface area contributed by atoms with Crippen molar-refractivity contribution in [3.63, 3.8) is 0 Å². The Kier molecular flexibility index (Phi) is 3.50. The number of aryl methyl sites for hydroxylation is 2. The van der Waals surface area contributed by atoms with E-state index in [0.29, 0.717) is 12.3 Å². The highest BCUT2D eigenvalue weighted by molar-refractivity contribution is 5.88. The van der Waals surface area contributed by atoms with Crippen LogP contribution in [0.5, 0.6) is 0 Å². The summed E-state index contributed by atoms with van der Waals surface area (Å²) in [5, 5.41) is 0. The molecule has 0 N–H and O–H groups in total. The molecule has 0 fully saturated rings. The molecule has 21 heavy (non-hydrogen) atoms. The van der Waals surface area contributed by atoms with E-state index in [-0.39, 0.29) is 5.97 Å². The monoisotopic (exact) mass is 282 g/mol. The smallest absolute Gasteiger partial charge is 0.403 e. The fraction of sp³-hybridized carbons (Fsp3) is 0.333. The van der Waals surface area contributed by atoms with Crippen molar-refractivity contribution in [3.05, 3.63) is 52.7 Å². The van der Waals surface area contributed by atoms with Crippen molar-refractivity contribution in [2.45, 2.75) is 33.7 Å². The molecule has 2 heterocycles. The highest BCUT2D eigenvalue weighted by atomic mass is 16.5. The van der Waals surface area contributed by atoms with E-state index >= 15 is 0 Å². The minimum absolute atomic E-state index is 0.223. The number of aromatic nitrogens is 1. The lowest BCUT2D eigenvalue weighted by molar-refractivity contribution is -0.690. The number of ether oxygens (including phenoxy) is 1. The van der Waals surface area contributed by atoms with Crippen LogP contribution >= 0.6 is 0 Å². The molecule has 1 aliphatic heterocycles. The Morgan fingerprint density at radius 2 is 2.05 bits per heavy atom. The van der Waals surface area contributed by atoms with Gasteiger partial charge in [-0.1, -0.05) is 18.2 Å². The summed E-state index contributed by atoms with van der Waals surface area (Å²) < 4.78 is 7.37. The van der Waals surface area contributed by atoms with Crippen LogP contribution in [0.15, 0.2) is 30.3 Å². The van der Waals surface area contributed by atoms with Gasteiger partial charge in [-0.25, -0.2) is 4.79 Å². The fourth-order valence-electron chi connectivity index (χ4n) is 3.04. The van der Waals surface area contributed by atoms with Gasteiger partial charge in [-0.2, -0.15) is 4.57 Å². The van der Waals surface area contributed by atoms with E-state index in [2.05, 4.69) is 35.8 Å². The van der Waals surface area contributed by atoms with Crippen LogP contribution in [0, 0.1) is 13.8 Å². The number of esters is 1. The van der Waals surface area contributed by atoms with Gasteiger partial charge in [0, 0.05) is 23.6 Å². The molecule has 0 saturated carbocycles. The molecule has 0 bridgehead atoms. The average molecular weight is 282 g/mol. The van der Waals surface area contributed by atoms with Crippen molar-refractivity contribution < 1.29 is 14.1 Å². The zero-order valence-electron chi connectivity index (χ0n) is 12.8. The molecule has 1 aliphatic rings. The maximum absolute atomic E-state index is 12.4. The predicted octanol–water partition coefficient (Wildman–Crippen LogP) is 2.99. The number of nitrogens with zero attached hydrogens (tertiary/aromatic N) is 1. The number of pyridine rings is 1. The maximum Gasteiger partial charge on any atom is 0.403 e. The number of carbonyl (C=O) groups excluding carboxylic acids is 1. The predicted molar refractivity (Wildman–Crippen MR) is 81.2 cm³/mol. The van der Waals surface area contributed by atoms with E-state index in [1.165, 1.54) is 11.1 Å². The SMILES string of the molecule is CCOC(=O)c1c(C)c(C)cc2[n+]1CCc1ccccc1-2. The lowest BCUT2D eigenvalue weighted by Crippen LogP contribution is -2.47. The summed E-state index contributed by atoms with van der Waals surface area (Å²) in [6.07, 6.45) is 0.947. The molecular weight excluding hydrogens is 262 g/mol. The van der Waals surface area contributed by atoms with Gasteiger partial charge in [0.25, 0.3) is 5.69 Å². The number of hydrogen-bond donors (Lipinski definition) is 0. The van der Waals surface area contributed by atoms with Crippen LogP contribution in [0.4, 0.5) is 0 Å². The molecule has 1 aromatic carbocycles. The minimum Gasteiger partial charge on any atom is -0.458 e. The minimum atomic E-state index is -0.223. The summed E-state index contributed by atoms with van der Waals surface area (Å²) in [6, 6.07) is 10.6. The molecule has 0 radical (unpaired) electrons. The largest absolute Gasteiger partial charge is 0.458 e. The number of rotatable bonds is 2. The van der Waals surface area contributed by atoms with Crippen LogP contribution in [0.25, 0.3) is 11.3 Å². The second-order valence-corrected chi connectivity index (χ2v) is 5.47. The number of carbonyl (C=O) groups is 1. The van der Waals surface area contributed by atoms with E-state index in [1.807, 2.05) is 19.9 Å². The number of hydrogen-bond acceptors (Lipinski definition) is 2. The molecule has 2 aromatic rings. The van der Waals surface area contributed by atoms with Crippen molar-refractivity contribution >= 4 is 5.97 Å².